The molecule has 3 aromatic carbocycles. The summed E-state index contributed by atoms with van der Waals surface area (Å²) in [6.07, 6.45) is 3.67. The van der Waals surface area contributed by atoms with Crippen LogP contribution in [0.3, 0.4) is 0 Å². The smallest absolute Gasteiger partial charge is 0.256 e. The van der Waals surface area contributed by atoms with Crippen LogP contribution < -0.4 is 5.32 Å². The molecule has 0 spiro atoms. The number of thiophene rings is 1. The molecule has 1 saturated carbocycles. The van der Waals surface area contributed by atoms with E-state index in [1.54, 1.807) is 51.2 Å². The first-order valence-corrected chi connectivity index (χ1v) is 19.7. The number of anilines is 1. The first-order valence-electron chi connectivity index (χ1n) is 16.7. The molecule has 48 heavy (non-hydrogen) atoms. The van der Waals surface area contributed by atoms with Gasteiger partial charge in [0.2, 0.25) is 10.0 Å². The van der Waals surface area contributed by atoms with Gasteiger partial charge in [0.25, 0.3) is 5.91 Å². The van der Waals surface area contributed by atoms with Crippen LogP contribution in [0.5, 0.6) is 0 Å². The SMILES string of the molecule is CC1(C)CC2CC(C)(CN2S(=O)(=O)c2ccc(C(=O)Nc3sc4c(c3-c3nc5ccccc5s3)CCN(Cc3ccccc3)C4)cc2)C1. The first kappa shape index (κ1) is 31.8. The van der Waals surface area contributed by atoms with Gasteiger partial charge in [0.1, 0.15) is 10.0 Å². The second-order valence-electron chi connectivity index (χ2n) is 14.9. The number of thiazole rings is 1. The minimum Gasteiger partial charge on any atom is -0.313 e. The molecule has 7 nitrogen and oxygen atoms in total. The zero-order chi connectivity index (χ0) is 33.3. The summed E-state index contributed by atoms with van der Waals surface area (Å²) in [4.78, 5) is 22.7. The number of para-hydroxylation sites is 1. The highest BCUT2D eigenvalue weighted by molar-refractivity contribution is 7.89. The Morgan fingerprint density at radius 1 is 0.958 bits per heavy atom. The van der Waals surface area contributed by atoms with Crippen molar-refractivity contribution < 1.29 is 13.2 Å². The Morgan fingerprint density at radius 3 is 2.48 bits per heavy atom. The maximum Gasteiger partial charge on any atom is 0.256 e. The van der Waals surface area contributed by atoms with E-state index in [2.05, 4.69) is 61.3 Å². The van der Waals surface area contributed by atoms with E-state index in [0.717, 1.165) is 71.1 Å². The molecule has 1 N–H and O–H groups in total. The van der Waals surface area contributed by atoms with Gasteiger partial charge in [0.05, 0.1) is 15.1 Å². The van der Waals surface area contributed by atoms with Crippen LogP contribution in [0.25, 0.3) is 20.8 Å². The molecule has 2 bridgehead atoms. The van der Waals surface area contributed by atoms with Crippen molar-refractivity contribution in [1.82, 2.24) is 14.2 Å². The molecule has 2 unspecified atom stereocenters. The van der Waals surface area contributed by atoms with Crippen LogP contribution in [-0.2, 0) is 29.5 Å². The van der Waals surface area contributed by atoms with Gasteiger partial charge in [-0.2, -0.15) is 4.31 Å². The van der Waals surface area contributed by atoms with Crippen molar-refractivity contribution in [3.8, 4) is 10.6 Å². The van der Waals surface area contributed by atoms with Crippen molar-refractivity contribution in [2.45, 2.75) is 70.5 Å². The van der Waals surface area contributed by atoms with Crippen LogP contribution in [0.4, 0.5) is 5.00 Å². The minimum atomic E-state index is -3.68. The average molecular weight is 697 g/mol. The molecule has 3 aliphatic rings. The highest BCUT2D eigenvalue weighted by atomic mass is 32.2. The standard InChI is InChI=1S/C38H40N4O3S3/c1-37(2)19-27-20-38(3,23-37)24-42(27)48(44,45)28-15-13-26(14-16-28)34(43)40-36-33(35-39-30-11-7-8-12-31(30)46-35)29-17-18-41(22-32(29)47-36)21-25-9-5-4-6-10-25/h4-16,27H,17-24H2,1-3H3,(H,40,43). The number of nitrogens with zero attached hydrogens (tertiary/aromatic N) is 3. The van der Waals surface area contributed by atoms with Gasteiger partial charge >= 0.3 is 0 Å². The molecule has 10 heteroatoms. The lowest BCUT2D eigenvalue weighted by atomic mass is 9.65. The Labute approximate surface area is 290 Å². The van der Waals surface area contributed by atoms with E-state index in [9.17, 15) is 13.2 Å². The Kier molecular flexibility index (Phi) is 7.88. The number of hydrogen-bond acceptors (Lipinski definition) is 7. The van der Waals surface area contributed by atoms with E-state index in [4.69, 9.17) is 4.98 Å². The summed E-state index contributed by atoms with van der Waals surface area (Å²) in [5.74, 6) is -0.257. The van der Waals surface area contributed by atoms with Gasteiger partial charge in [-0.1, -0.05) is 63.2 Å². The summed E-state index contributed by atoms with van der Waals surface area (Å²) in [5, 5.41) is 4.92. The second-order valence-corrected chi connectivity index (χ2v) is 18.9. The van der Waals surface area contributed by atoms with E-state index in [-0.39, 0.29) is 27.7 Å². The summed E-state index contributed by atoms with van der Waals surface area (Å²) in [5.41, 5.74) is 5.05. The van der Waals surface area contributed by atoms with E-state index in [1.807, 2.05) is 24.3 Å². The largest absolute Gasteiger partial charge is 0.313 e. The van der Waals surface area contributed by atoms with Crippen molar-refractivity contribution in [3.05, 3.63) is 100 Å². The molecular formula is C38H40N4O3S3. The summed E-state index contributed by atoms with van der Waals surface area (Å²) in [6.45, 7) is 9.86. The van der Waals surface area contributed by atoms with Gasteiger partial charge in [0, 0.05) is 48.2 Å². The Bertz CT molecular complexity index is 2090. The lowest BCUT2D eigenvalue weighted by Crippen LogP contribution is -2.37. The number of carbonyl (C=O) groups excluding carboxylic acids is 1. The average Bonchev–Trinajstić information content (AvgIpc) is 3.71. The maximum atomic E-state index is 13.8. The Balaban J connectivity index is 1.06. The van der Waals surface area contributed by atoms with Gasteiger partial charge in [-0.25, -0.2) is 13.4 Å². The molecule has 8 rings (SSSR count). The number of benzene rings is 3. The number of carbonyl (C=O) groups is 1. The number of fused-ring (bicyclic) bond motifs is 4. The fourth-order valence-electron chi connectivity index (χ4n) is 8.50. The molecular weight excluding hydrogens is 657 g/mol. The van der Waals surface area contributed by atoms with Crippen LogP contribution in [0.15, 0.2) is 83.8 Å². The van der Waals surface area contributed by atoms with Crippen LogP contribution in [0.2, 0.25) is 0 Å². The molecule has 1 aliphatic carbocycles. The third-order valence-corrected chi connectivity index (χ3v) is 14.3. The zero-order valence-electron chi connectivity index (χ0n) is 27.5. The van der Waals surface area contributed by atoms with Crippen molar-refractivity contribution in [2.75, 3.05) is 18.4 Å². The fourth-order valence-corrected chi connectivity index (χ4v) is 12.7. The molecule has 2 fully saturated rings. The summed E-state index contributed by atoms with van der Waals surface area (Å²) in [7, 11) is -3.68. The van der Waals surface area contributed by atoms with Crippen LogP contribution in [-0.4, -0.2) is 47.6 Å². The molecule has 5 aromatic rings. The molecule has 4 heterocycles. The predicted octanol–water partition coefficient (Wildman–Crippen LogP) is 8.42. The van der Waals surface area contributed by atoms with Gasteiger partial charge in [-0.15, -0.1) is 22.7 Å². The van der Waals surface area contributed by atoms with Gasteiger partial charge in [-0.05, 0) is 84.0 Å². The van der Waals surface area contributed by atoms with Crippen molar-refractivity contribution >= 4 is 53.8 Å². The topological polar surface area (TPSA) is 82.6 Å². The van der Waals surface area contributed by atoms with Crippen molar-refractivity contribution in [2.24, 2.45) is 10.8 Å². The van der Waals surface area contributed by atoms with E-state index < -0.39 is 10.0 Å². The van der Waals surface area contributed by atoms with E-state index >= 15 is 0 Å². The Hall–Kier alpha value is -3.41. The fraction of sp³-hybridized carbons (Fsp3) is 0.368. The lowest BCUT2D eigenvalue weighted by Gasteiger charge is -2.39. The van der Waals surface area contributed by atoms with Crippen LogP contribution >= 0.6 is 22.7 Å². The van der Waals surface area contributed by atoms with Crippen molar-refractivity contribution in [3.63, 3.8) is 0 Å². The third-order valence-electron chi connectivity index (χ3n) is 10.2. The highest BCUT2D eigenvalue weighted by Gasteiger charge is 2.53. The van der Waals surface area contributed by atoms with Crippen LogP contribution in [0, 0.1) is 10.8 Å². The van der Waals surface area contributed by atoms with E-state index in [0.29, 0.717) is 12.1 Å². The Morgan fingerprint density at radius 2 is 1.71 bits per heavy atom. The summed E-state index contributed by atoms with van der Waals surface area (Å²) >= 11 is 3.28. The summed E-state index contributed by atoms with van der Waals surface area (Å²) in [6, 6.07) is 25.1. The molecule has 2 atom stereocenters. The zero-order valence-corrected chi connectivity index (χ0v) is 30.0. The second kappa shape index (κ2) is 11.9. The highest BCUT2D eigenvalue weighted by Crippen LogP contribution is 2.54. The lowest BCUT2D eigenvalue weighted by molar-refractivity contribution is 0.102. The van der Waals surface area contributed by atoms with E-state index in [1.165, 1.54) is 16.0 Å². The normalized spacial score (nSPS) is 22.5. The molecule has 1 amide bonds. The van der Waals surface area contributed by atoms with Gasteiger partial charge in [-0.3, -0.25) is 9.69 Å². The molecule has 2 aromatic heterocycles. The molecule has 2 aliphatic heterocycles. The van der Waals surface area contributed by atoms with Gasteiger partial charge < -0.3 is 5.32 Å². The number of nitrogens with one attached hydrogen (secondary N) is 1. The number of rotatable bonds is 7. The number of sulfonamides is 1. The van der Waals surface area contributed by atoms with Crippen molar-refractivity contribution in [1.29, 1.82) is 0 Å². The predicted molar refractivity (Wildman–Crippen MR) is 195 cm³/mol. The summed E-state index contributed by atoms with van der Waals surface area (Å²) < 4.78 is 30.5. The quantitative estimate of drug-likeness (QED) is 0.185. The molecule has 1 saturated heterocycles. The maximum absolute atomic E-state index is 13.8. The van der Waals surface area contributed by atoms with Gasteiger partial charge in [0.15, 0.2) is 0 Å². The third kappa shape index (κ3) is 5.92. The minimum absolute atomic E-state index is 0.00125. The number of aromatic nitrogens is 1. The van der Waals surface area contributed by atoms with Crippen LogP contribution in [0.1, 0.15) is 66.4 Å². The first-order chi connectivity index (χ1) is 23.0. The molecule has 0 radical (unpaired) electrons. The monoisotopic (exact) mass is 696 g/mol. The number of amides is 1. The molecule has 248 valence electrons. The number of hydrogen-bond donors (Lipinski definition) is 1.